The Morgan fingerprint density at radius 3 is 2.79 bits per heavy atom. The topological polar surface area (TPSA) is 49.9 Å². The first-order valence-electron chi connectivity index (χ1n) is 10.5. The Morgan fingerprint density at radius 1 is 1.24 bits per heavy atom. The molecule has 0 saturated carbocycles. The highest BCUT2D eigenvalue weighted by Gasteiger charge is 2.67. The molecule has 0 aliphatic carbocycles. The molecule has 1 spiro atoms. The first-order valence-corrected chi connectivity index (χ1v) is 10.5. The van der Waals surface area contributed by atoms with Gasteiger partial charge in [0.2, 0.25) is 11.8 Å². The number of benzene rings is 1. The molecule has 2 saturated heterocycles. The van der Waals surface area contributed by atoms with Crippen LogP contribution in [0.25, 0.3) is 0 Å². The van der Waals surface area contributed by atoms with Crippen molar-refractivity contribution in [3.63, 3.8) is 0 Å². The SMILES string of the molecule is CC1=CCN(C(=O)[C@H]2[C@@H]3C=C[C@@]4(CN(Cc5ccc(C)c(C)c5)C(=O)[C@@H]24)O3)CC1. The van der Waals surface area contributed by atoms with Crippen molar-refractivity contribution in [1.29, 1.82) is 0 Å². The van der Waals surface area contributed by atoms with Crippen LogP contribution in [0.4, 0.5) is 0 Å². The van der Waals surface area contributed by atoms with Crippen LogP contribution in [0.3, 0.4) is 0 Å². The fourth-order valence-electron chi connectivity index (χ4n) is 5.30. The largest absolute Gasteiger partial charge is 0.360 e. The Morgan fingerprint density at radius 2 is 2.07 bits per heavy atom. The van der Waals surface area contributed by atoms with Gasteiger partial charge < -0.3 is 14.5 Å². The summed E-state index contributed by atoms with van der Waals surface area (Å²) in [5.74, 6) is -0.680. The quantitative estimate of drug-likeness (QED) is 0.744. The predicted molar refractivity (Wildman–Crippen MR) is 110 cm³/mol. The minimum Gasteiger partial charge on any atom is -0.360 e. The second-order valence-corrected chi connectivity index (χ2v) is 9.10. The van der Waals surface area contributed by atoms with Crippen LogP contribution < -0.4 is 0 Å². The van der Waals surface area contributed by atoms with Gasteiger partial charge in [-0.05, 0) is 43.9 Å². The molecular weight excluding hydrogens is 364 g/mol. The van der Waals surface area contributed by atoms with E-state index >= 15 is 0 Å². The number of rotatable bonds is 3. The summed E-state index contributed by atoms with van der Waals surface area (Å²) in [6, 6.07) is 6.33. The Bertz CT molecular complexity index is 949. The van der Waals surface area contributed by atoms with E-state index in [2.05, 4.69) is 45.0 Å². The van der Waals surface area contributed by atoms with Crippen molar-refractivity contribution >= 4 is 11.8 Å². The maximum atomic E-state index is 13.4. The minimum absolute atomic E-state index is 0.0529. The zero-order chi connectivity index (χ0) is 20.3. The normalized spacial score (nSPS) is 32.7. The van der Waals surface area contributed by atoms with E-state index in [1.54, 1.807) is 0 Å². The molecule has 2 bridgehead atoms. The zero-order valence-corrected chi connectivity index (χ0v) is 17.4. The third-order valence-corrected chi connectivity index (χ3v) is 7.16. The molecule has 4 heterocycles. The van der Waals surface area contributed by atoms with Gasteiger partial charge in [0.25, 0.3) is 0 Å². The molecule has 29 heavy (non-hydrogen) atoms. The lowest BCUT2D eigenvalue weighted by Crippen LogP contribution is -2.47. The van der Waals surface area contributed by atoms with Gasteiger partial charge >= 0.3 is 0 Å². The van der Waals surface area contributed by atoms with Crippen molar-refractivity contribution in [1.82, 2.24) is 9.80 Å². The highest BCUT2D eigenvalue weighted by atomic mass is 16.5. The van der Waals surface area contributed by atoms with Crippen molar-refractivity contribution in [3.05, 3.63) is 58.7 Å². The number of fused-ring (bicyclic) bond motifs is 1. The van der Waals surface area contributed by atoms with Crippen molar-refractivity contribution in [2.45, 2.75) is 45.4 Å². The minimum atomic E-state index is -0.636. The van der Waals surface area contributed by atoms with Crippen LogP contribution in [0.5, 0.6) is 0 Å². The molecule has 1 aromatic rings. The van der Waals surface area contributed by atoms with E-state index in [9.17, 15) is 9.59 Å². The summed E-state index contributed by atoms with van der Waals surface area (Å²) < 4.78 is 6.27. The van der Waals surface area contributed by atoms with Crippen LogP contribution in [-0.4, -0.2) is 53.0 Å². The average Bonchev–Trinajstić information content (AvgIpc) is 3.33. The Hall–Kier alpha value is -2.40. The Labute approximate surface area is 172 Å². The van der Waals surface area contributed by atoms with E-state index in [1.807, 2.05) is 22.0 Å². The molecule has 0 N–H and O–H groups in total. The first-order chi connectivity index (χ1) is 13.9. The van der Waals surface area contributed by atoms with E-state index in [1.165, 1.54) is 16.7 Å². The molecule has 4 atom stereocenters. The summed E-state index contributed by atoms with van der Waals surface area (Å²) in [4.78, 5) is 30.5. The molecule has 1 aromatic carbocycles. The summed E-state index contributed by atoms with van der Waals surface area (Å²) in [7, 11) is 0. The van der Waals surface area contributed by atoms with Crippen LogP contribution in [-0.2, 0) is 20.9 Å². The number of amides is 2. The molecule has 0 unspecified atom stereocenters. The van der Waals surface area contributed by atoms with Gasteiger partial charge in [0, 0.05) is 19.6 Å². The van der Waals surface area contributed by atoms with Gasteiger partial charge in [-0.25, -0.2) is 0 Å². The first kappa shape index (κ1) is 18.6. The highest BCUT2D eigenvalue weighted by Crippen LogP contribution is 2.52. The van der Waals surface area contributed by atoms with Gasteiger partial charge in [0.15, 0.2) is 0 Å². The molecule has 0 radical (unpaired) electrons. The third-order valence-electron chi connectivity index (χ3n) is 7.16. The number of aryl methyl sites for hydroxylation is 2. The molecule has 0 aromatic heterocycles. The second-order valence-electron chi connectivity index (χ2n) is 9.10. The Kier molecular flexibility index (Phi) is 4.21. The van der Waals surface area contributed by atoms with Gasteiger partial charge in [0.05, 0.1) is 24.5 Å². The van der Waals surface area contributed by atoms with Crippen LogP contribution in [0.15, 0.2) is 42.0 Å². The standard InChI is InChI=1S/C24H28N2O3/c1-15-7-10-25(11-8-15)22(27)20-19-6-9-24(29-19)14-26(23(28)21(20)24)13-18-5-4-16(2)17(3)12-18/h4-7,9,12,19-21H,8,10-11,13-14H2,1-3H3/t19-,20-,21+,24-/m0/s1. The van der Waals surface area contributed by atoms with Gasteiger partial charge in [-0.1, -0.05) is 42.0 Å². The van der Waals surface area contributed by atoms with Gasteiger partial charge in [-0.15, -0.1) is 0 Å². The lowest BCUT2D eigenvalue weighted by molar-refractivity contribution is -0.143. The zero-order valence-electron chi connectivity index (χ0n) is 17.4. The van der Waals surface area contributed by atoms with Crippen LogP contribution in [0.1, 0.15) is 30.0 Å². The van der Waals surface area contributed by atoms with E-state index in [0.717, 1.165) is 18.5 Å². The van der Waals surface area contributed by atoms with Gasteiger partial charge in [-0.2, -0.15) is 0 Å². The predicted octanol–water partition coefficient (Wildman–Crippen LogP) is 2.76. The molecular formula is C24H28N2O3. The lowest BCUT2D eigenvalue weighted by atomic mass is 9.76. The molecule has 2 amide bonds. The van der Waals surface area contributed by atoms with E-state index in [4.69, 9.17) is 4.74 Å². The fourth-order valence-corrected chi connectivity index (χ4v) is 5.30. The van der Waals surface area contributed by atoms with Crippen molar-refractivity contribution in [2.75, 3.05) is 19.6 Å². The fraction of sp³-hybridized carbons (Fsp3) is 0.500. The smallest absolute Gasteiger partial charge is 0.230 e. The number of likely N-dealkylation sites (tertiary alicyclic amines) is 1. The van der Waals surface area contributed by atoms with E-state index in [-0.39, 0.29) is 17.9 Å². The van der Waals surface area contributed by atoms with Gasteiger partial charge in [-0.3, -0.25) is 9.59 Å². The summed E-state index contributed by atoms with van der Waals surface area (Å²) in [5, 5.41) is 0. The molecule has 2 fully saturated rings. The van der Waals surface area contributed by atoms with Crippen molar-refractivity contribution in [2.24, 2.45) is 11.8 Å². The molecule has 5 nitrogen and oxygen atoms in total. The van der Waals surface area contributed by atoms with Crippen molar-refractivity contribution in [3.8, 4) is 0 Å². The molecule has 4 aliphatic heterocycles. The summed E-state index contributed by atoms with van der Waals surface area (Å²) in [6.07, 6.45) is 6.78. The number of nitrogens with zero attached hydrogens (tertiary/aromatic N) is 2. The van der Waals surface area contributed by atoms with Crippen LogP contribution in [0.2, 0.25) is 0 Å². The van der Waals surface area contributed by atoms with Crippen LogP contribution in [0, 0.1) is 25.7 Å². The van der Waals surface area contributed by atoms with E-state index < -0.39 is 17.4 Å². The van der Waals surface area contributed by atoms with Crippen LogP contribution >= 0.6 is 0 Å². The summed E-state index contributed by atoms with van der Waals surface area (Å²) in [6.45, 7) is 8.74. The maximum absolute atomic E-state index is 13.4. The third kappa shape index (κ3) is 2.86. The van der Waals surface area contributed by atoms with E-state index in [0.29, 0.717) is 19.6 Å². The number of hydrogen-bond acceptors (Lipinski definition) is 3. The maximum Gasteiger partial charge on any atom is 0.230 e. The molecule has 5 rings (SSSR count). The number of hydrogen-bond donors (Lipinski definition) is 0. The average molecular weight is 392 g/mol. The summed E-state index contributed by atoms with van der Waals surface area (Å²) >= 11 is 0. The number of carbonyl (C=O) groups excluding carboxylic acids is 2. The lowest BCUT2D eigenvalue weighted by Gasteiger charge is -2.31. The molecule has 152 valence electrons. The monoisotopic (exact) mass is 392 g/mol. The molecule has 5 heteroatoms. The summed E-state index contributed by atoms with van der Waals surface area (Å²) in [5.41, 5.74) is 4.29. The molecule has 4 aliphatic rings. The Balaban J connectivity index is 1.38. The van der Waals surface area contributed by atoms with Gasteiger partial charge in [0.1, 0.15) is 5.60 Å². The second kappa shape index (κ2) is 6.56. The highest BCUT2D eigenvalue weighted by molar-refractivity contribution is 5.93. The van der Waals surface area contributed by atoms with Crippen molar-refractivity contribution < 1.29 is 14.3 Å². The number of carbonyl (C=O) groups is 2. The number of ether oxygens (including phenoxy) is 1.